The van der Waals surface area contributed by atoms with Crippen LogP contribution < -0.4 is 48.7 Å². The number of aliphatic carboxylic acids is 2. The molecule has 52 heavy (non-hydrogen) atoms. The van der Waals surface area contributed by atoms with Gasteiger partial charge in [0.15, 0.2) is 5.96 Å². The molecule has 17 N–H and O–H groups in total. The number of aliphatic hydroxyl groups excluding tert-OH is 3. The van der Waals surface area contributed by atoms with Gasteiger partial charge in [-0.3, -0.25) is 39.0 Å². The molecule has 23 nitrogen and oxygen atoms in total. The van der Waals surface area contributed by atoms with Gasteiger partial charge in [-0.15, -0.1) is 0 Å². The van der Waals surface area contributed by atoms with Crippen molar-refractivity contribution in [3.05, 3.63) is 0 Å². The molecule has 0 saturated carbocycles. The Hall–Kier alpha value is -5.13. The van der Waals surface area contributed by atoms with Crippen LogP contribution in [0.2, 0.25) is 0 Å². The van der Waals surface area contributed by atoms with Gasteiger partial charge in [-0.2, -0.15) is 0 Å². The highest BCUT2D eigenvalue weighted by atomic mass is 16.4. The zero-order chi connectivity index (χ0) is 40.5. The Morgan fingerprint density at radius 1 is 0.654 bits per heavy atom. The molecule has 0 bridgehead atoms. The molecule has 0 rings (SSSR count). The van der Waals surface area contributed by atoms with E-state index < -0.39 is 121 Å². The monoisotopic (exact) mass is 748 g/mol. The van der Waals surface area contributed by atoms with Crippen molar-refractivity contribution >= 4 is 53.3 Å². The van der Waals surface area contributed by atoms with Crippen molar-refractivity contribution in [1.82, 2.24) is 37.2 Å². The number of hydrogen-bond acceptors (Lipinski definition) is 13. The summed E-state index contributed by atoms with van der Waals surface area (Å²) in [5, 5.41) is 70.9. The lowest BCUT2D eigenvalue weighted by atomic mass is 10.0. The second kappa shape index (κ2) is 22.6. The highest BCUT2D eigenvalue weighted by Gasteiger charge is 2.35. The number of nitrogens with two attached hydrogens (primary N) is 2. The molecule has 0 radical (unpaired) electrons. The third-order valence-corrected chi connectivity index (χ3v) is 7.31. The van der Waals surface area contributed by atoms with Gasteiger partial charge in [0.25, 0.3) is 0 Å². The van der Waals surface area contributed by atoms with E-state index in [-0.39, 0.29) is 25.3 Å². The summed E-state index contributed by atoms with van der Waals surface area (Å²) < 4.78 is 0. The van der Waals surface area contributed by atoms with Gasteiger partial charge in [0.2, 0.25) is 35.4 Å². The maximum Gasteiger partial charge on any atom is 0.326 e. The van der Waals surface area contributed by atoms with Crippen molar-refractivity contribution in [3.63, 3.8) is 0 Å². The number of carboxylic acids is 2. The molecule has 23 heteroatoms. The SMILES string of the molecule is CC(C)[C@H](NC(=O)[C@@H](N)[C@@H](C)O)C(=O)N[C@@H](CCCNC(=N)N)C(=O)N[C@H](C(=O)N[C@@H](CO)C(=O)N[C@@H](C)C(=O)N[C@@H](CC(=O)O)C(=O)O)[C@@H](C)O. The Morgan fingerprint density at radius 2 is 1.15 bits per heavy atom. The fraction of sp³-hybridized carbons (Fsp3) is 0.690. The van der Waals surface area contributed by atoms with Crippen molar-refractivity contribution < 1.29 is 63.9 Å². The van der Waals surface area contributed by atoms with Gasteiger partial charge in [0, 0.05) is 6.54 Å². The molecule has 0 unspecified atom stereocenters. The number of carboxylic acid groups (broad SMARTS) is 2. The van der Waals surface area contributed by atoms with E-state index in [0.29, 0.717) is 0 Å². The molecule has 0 spiro atoms. The van der Waals surface area contributed by atoms with Crippen LogP contribution in [-0.2, 0) is 38.4 Å². The minimum atomic E-state index is -1.82. The average molecular weight is 749 g/mol. The Kier molecular flexibility index (Phi) is 20.4. The lowest BCUT2D eigenvalue weighted by Crippen LogP contribution is -2.62. The van der Waals surface area contributed by atoms with Crippen molar-refractivity contribution in [3.8, 4) is 0 Å². The summed E-state index contributed by atoms with van der Waals surface area (Å²) in [4.78, 5) is 99.7. The maximum absolute atomic E-state index is 13.5. The van der Waals surface area contributed by atoms with Gasteiger partial charge >= 0.3 is 11.9 Å². The second-order valence-electron chi connectivity index (χ2n) is 12.2. The molecule has 0 saturated heterocycles. The zero-order valence-electron chi connectivity index (χ0n) is 29.5. The van der Waals surface area contributed by atoms with Crippen LogP contribution in [0.3, 0.4) is 0 Å². The second-order valence-corrected chi connectivity index (χ2v) is 12.2. The molecule has 6 amide bonds. The van der Waals surface area contributed by atoms with Gasteiger partial charge in [-0.05, 0) is 39.5 Å². The highest BCUT2D eigenvalue weighted by molar-refractivity contribution is 5.97. The van der Waals surface area contributed by atoms with E-state index in [2.05, 4.69) is 31.9 Å². The van der Waals surface area contributed by atoms with E-state index in [0.717, 1.165) is 13.8 Å². The van der Waals surface area contributed by atoms with Gasteiger partial charge < -0.3 is 74.2 Å². The summed E-state index contributed by atoms with van der Waals surface area (Å²) in [7, 11) is 0. The van der Waals surface area contributed by atoms with Crippen LogP contribution in [0, 0.1) is 11.3 Å². The summed E-state index contributed by atoms with van der Waals surface area (Å²) in [5.41, 5.74) is 10.9. The van der Waals surface area contributed by atoms with Crippen molar-refractivity contribution in [2.75, 3.05) is 13.2 Å². The van der Waals surface area contributed by atoms with Gasteiger partial charge in [-0.25, -0.2) is 4.79 Å². The summed E-state index contributed by atoms with van der Waals surface area (Å²) in [6.07, 6.45) is -3.81. The number of aliphatic hydroxyl groups is 3. The third kappa shape index (κ3) is 16.7. The molecule has 0 aliphatic heterocycles. The molecular weight excluding hydrogens is 696 g/mol. The van der Waals surface area contributed by atoms with Gasteiger partial charge in [0.1, 0.15) is 42.3 Å². The molecule has 0 aliphatic carbocycles. The average Bonchev–Trinajstić information content (AvgIpc) is 3.03. The van der Waals surface area contributed by atoms with Crippen LogP contribution in [0.25, 0.3) is 0 Å². The fourth-order valence-corrected chi connectivity index (χ4v) is 4.23. The maximum atomic E-state index is 13.5. The molecule has 0 fully saturated rings. The minimum absolute atomic E-state index is 0.0865. The topological polar surface area (TPSA) is 398 Å². The van der Waals surface area contributed by atoms with Crippen molar-refractivity contribution in [1.29, 1.82) is 5.41 Å². The van der Waals surface area contributed by atoms with Crippen LogP contribution in [0.5, 0.6) is 0 Å². The van der Waals surface area contributed by atoms with E-state index >= 15 is 0 Å². The van der Waals surface area contributed by atoms with E-state index in [9.17, 15) is 53.7 Å². The largest absolute Gasteiger partial charge is 0.481 e. The third-order valence-electron chi connectivity index (χ3n) is 7.31. The molecular formula is C29H52N10O13. The summed E-state index contributed by atoms with van der Waals surface area (Å²) >= 11 is 0. The molecule has 296 valence electrons. The molecule has 9 atom stereocenters. The Morgan fingerprint density at radius 3 is 1.62 bits per heavy atom. The number of nitrogens with one attached hydrogen (secondary N) is 8. The number of amides is 6. The van der Waals surface area contributed by atoms with E-state index in [1.165, 1.54) is 6.92 Å². The molecule has 0 aromatic rings. The smallest absolute Gasteiger partial charge is 0.326 e. The number of carbonyl (C=O) groups excluding carboxylic acids is 6. The standard InChI is InChI=1S/C29H52N10O13/c1-11(2)20(38-25(48)19(30)13(4)41)26(49)35-15(7-6-8-33-29(31)32)23(46)39-21(14(5)42)27(50)37-17(10-40)24(47)34-12(3)22(45)36-16(28(51)52)9-18(43)44/h11-17,19-21,40-42H,6-10,30H2,1-5H3,(H,34,47)(H,35,49)(H,36,45)(H,37,50)(H,38,48)(H,39,46)(H,43,44)(H,51,52)(H4,31,32,33)/t12-,13+,14+,15-,16-,17-,19-,20-,21-/m0/s1. The van der Waals surface area contributed by atoms with E-state index in [1.807, 2.05) is 5.32 Å². The quantitative estimate of drug-likeness (QED) is 0.0262. The first kappa shape index (κ1) is 46.9. The zero-order valence-corrected chi connectivity index (χ0v) is 29.5. The summed E-state index contributed by atoms with van der Waals surface area (Å²) in [6.45, 7) is 5.71. The summed E-state index contributed by atoms with van der Waals surface area (Å²) in [6, 6.07) is -10.9. The Bertz CT molecular complexity index is 1300. The van der Waals surface area contributed by atoms with Crippen molar-refractivity contribution in [2.24, 2.45) is 17.4 Å². The minimum Gasteiger partial charge on any atom is -0.481 e. The molecule has 0 heterocycles. The first-order valence-electron chi connectivity index (χ1n) is 16.1. The summed E-state index contributed by atoms with van der Waals surface area (Å²) in [5.74, 6) is -10.2. The van der Waals surface area contributed by atoms with E-state index in [1.54, 1.807) is 13.8 Å². The van der Waals surface area contributed by atoms with Crippen LogP contribution in [-0.4, -0.2) is 147 Å². The first-order chi connectivity index (χ1) is 24.0. The predicted octanol–water partition coefficient (Wildman–Crippen LogP) is -6.53. The predicted molar refractivity (Wildman–Crippen MR) is 180 cm³/mol. The number of guanidine groups is 1. The lowest BCUT2D eigenvalue weighted by Gasteiger charge is -2.29. The lowest BCUT2D eigenvalue weighted by molar-refractivity contribution is -0.147. The number of rotatable bonds is 23. The van der Waals surface area contributed by atoms with Gasteiger partial charge in [-0.1, -0.05) is 13.8 Å². The Labute approximate surface area is 298 Å². The normalized spacial score (nSPS) is 16.2. The van der Waals surface area contributed by atoms with Crippen LogP contribution in [0.4, 0.5) is 0 Å². The van der Waals surface area contributed by atoms with Gasteiger partial charge in [0.05, 0.1) is 25.2 Å². The molecule has 0 aliphatic rings. The fourth-order valence-electron chi connectivity index (χ4n) is 4.23. The number of hydrogen-bond donors (Lipinski definition) is 15. The Balaban J connectivity index is 5.93. The van der Waals surface area contributed by atoms with Crippen LogP contribution in [0.15, 0.2) is 0 Å². The van der Waals surface area contributed by atoms with Crippen LogP contribution >= 0.6 is 0 Å². The first-order valence-corrected chi connectivity index (χ1v) is 16.1. The highest BCUT2D eigenvalue weighted by Crippen LogP contribution is 2.07. The van der Waals surface area contributed by atoms with E-state index in [4.69, 9.17) is 27.1 Å². The number of carbonyl (C=O) groups is 8. The molecule has 0 aromatic heterocycles. The van der Waals surface area contributed by atoms with Crippen molar-refractivity contribution in [2.45, 2.75) is 108 Å². The van der Waals surface area contributed by atoms with Crippen LogP contribution in [0.1, 0.15) is 53.9 Å². The molecule has 0 aromatic carbocycles.